The van der Waals surface area contributed by atoms with Crippen molar-refractivity contribution in [1.82, 2.24) is 9.62 Å². The molecule has 214 valence electrons. The molecule has 0 aliphatic carbocycles. The summed E-state index contributed by atoms with van der Waals surface area (Å²) >= 11 is 0. The number of hydrogen-bond donors (Lipinski definition) is 2. The highest BCUT2D eigenvalue weighted by atomic mass is 32.2. The number of methoxy groups -OCH3 is 3. The maximum absolute atomic E-state index is 13.5. The van der Waals surface area contributed by atoms with Crippen LogP contribution >= 0.6 is 0 Å². The molecule has 0 aromatic heterocycles. The Morgan fingerprint density at radius 2 is 1.67 bits per heavy atom. The highest BCUT2D eigenvalue weighted by Crippen LogP contribution is 2.40. The molecule has 10 nitrogen and oxygen atoms in total. The lowest BCUT2D eigenvalue weighted by molar-refractivity contribution is -0.122. The Morgan fingerprint density at radius 1 is 1.03 bits per heavy atom. The van der Waals surface area contributed by atoms with Crippen LogP contribution in [0, 0.1) is 5.92 Å². The number of hydrogen-bond acceptors (Lipinski definition) is 8. The molecule has 0 unspecified atom stereocenters. The number of anilines is 1. The van der Waals surface area contributed by atoms with Gasteiger partial charge in [0.25, 0.3) is 0 Å². The molecule has 4 rings (SSSR count). The van der Waals surface area contributed by atoms with E-state index >= 15 is 0 Å². The largest absolute Gasteiger partial charge is 0.493 e. The Bertz CT molecular complexity index is 1200. The van der Waals surface area contributed by atoms with Crippen molar-refractivity contribution in [3.05, 3.63) is 42.0 Å². The first-order valence-electron chi connectivity index (χ1n) is 13.3. The lowest BCUT2D eigenvalue weighted by Gasteiger charge is -2.29. The van der Waals surface area contributed by atoms with Gasteiger partial charge in [-0.1, -0.05) is 6.92 Å². The zero-order valence-corrected chi connectivity index (χ0v) is 23.9. The molecule has 0 bridgehead atoms. The number of sulfonamides is 1. The van der Waals surface area contributed by atoms with E-state index in [1.54, 1.807) is 40.7 Å². The summed E-state index contributed by atoms with van der Waals surface area (Å²) in [5.74, 6) is 1.52. The molecular formula is C28H39N3O7S. The van der Waals surface area contributed by atoms with Crippen molar-refractivity contribution in [3.63, 3.8) is 0 Å². The molecule has 2 saturated heterocycles. The molecule has 11 heteroatoms. The molecule has 1 amide bonds. The fourth-order valence-corrected chi connectivity index (χ4v) is 6.42. The molecule has 2 aliphatic heterocycles. The second kappa shape index (κ2) is 12.9. The first-order chi connectivity index (χ1) is 18.8. The van der Waals surface area contributed by atoms with Crippen LogP contribution in [0.4, 0.5) is 5.69 Å². The summed E-state index contributed by atoms with van der Waals surface area (Å²) in [6.07, 6.45) is 3.57. The van der Waals surface area contributed by atoms with Crippen LogP contribution in [-0.2, 0) is 19.6 Å². The number of benzene rings is 2. The maximum atomic E-state index is 13.5. The average molecular weight is 562 g/mol. The molecule has 39 heavy (non-hydrogen) atoms. The number of amides is 1. The van der Waals surface area contributed by atoms with Crippen molar-refractivity contribution >= 4 is 21.6 Å². The van der Waals surface area contributed by atoms with Gasteiger partial charge in [-0.25, -0.2) is 8.42 Å². The van der Waals surface area contributed by atoms with Crippen molar-refractivity contribution in [1.29, 1.82) is 0 Å². The van der Waals surface area contributed by atoms with Crippen molar-refractivity contribution in [2.75, 3.05) is 52.9 Å². The fourth-order valence-electron chi connectivity index (χ4n) is 4.95. The van der Waals surface area contributed by atoms with E-state index in [4.69, 9.17) is 18.9 Å². The predicted octanol–water partition coefficient (Wildman–Crippen LogP) is 3.58. The quantitative estimate of drug-likeness (QED) is 0.428. The van der Waals surface area contributed by atoms with Crippen LogP contribution in [0.15, 0.2) is 41.3 Å². The zero-order valence-electron chi connectivity index (χ0n) is 23.1. The molecule has 2 fully saturated rings. The third-order valence-electron chi connectivity index (χ3n) is 7.36. The molecule has 0 radical (unpaired) electrons. The van der Waals surface area contributed by atoms with Crippen LogP contribution in [0.25, 0.3) is 0 Å². The number of ether oxygens (including phenoxy) is 4. The Balaban J connectivity index is 1.59. The smallest absolute Gasteiger partial charge is 0.247 e. The Morgan fingerprint density at radius 3 is 2.21 bits per heavy atom. The van der Waals surface area contributed by atoms with Gasteiger partial charge < -0.3 is 29.6 Å². The van der Waals surface area contributed by atoms with Crippen LogP contribution in [0.1, 0.15) is 44.2 Å². The van der Waals surface area contributed by atoms with Crippen LogP contribution < -0.4 is 24.8 Å². The summed E-state index contributed by atoms with van der Waals surface area (Å²) in [4.78, 5) is 13.7. The lowest BCUT2D eigenvalue weighted by Crippen LogP contribution is -2.38. The fraction of sp³-hybridized carbons (Fsp3) is 0.536. The molecule has 2 atom stereocenters. The van der Waals surface area contributed by atoms with Gasteiger partial charge in [0, 0.05) is 31.9 Å². The minimum atomic E-state index is -3.58. The van der Waals surface area contributed by atoms with E-state index < -0.39 is 16.1 Å². The molecule has 2 N–H and O–H groups in total. The number of carbonyl (C=O) groups excluding carboxylic acids is 1. The first kappa shape index (κ1) is 29.0. The molecule has 0 saturated carbocycles. The van der Waals surface area contributed by atoms with Crippen LogP contribution in [0.3, 0.4) is 0 Å². The van der Waals surface area contributed by atoms with E-state index in [0.29, 0.717) is 60.7 Å². The Hall–Kier alpha value is -3.02. The second-order valence-electron chi connectivity index (χ2n) is 10.0. The molecule has 2 aromatic carbocycles. The summed E-state index contributed by atoms with van der Waals surface area (Å²) in [6.45, 7) is 4.29. The zero-order chi connectivity index (χ0) is 28.0. The maximum Gasteiger partial charge on any atom is 0.247 e. The summed E-state index contributed by atoms with van der Waals surface area (Å²) in [5.41, 5.74) is 1.18. The molecule has 0 spiro atoms. The van der Waals surface area contributed by atoms with E-state index in [2.05, 4.69) is 17.6 Å². The van der Waals surface area contributed by atoms with Gasteiger partial charge in [-0.3, -0.25) is 4.79 Å². The Labute approximate surface area is 231 Å². The van der Waals surface area contributed by atoms with Gasteiger partial charge in [0.05, 0.1) is 32.3 Å². The van der Waals surface area contributed by atoms with E-state index in [0.717, 1.165) is 25.7 Å². The average Bonchev–Trinajstić information content (AvgIpc) is 3.48. The van der Waals surface area contributed by atoms with E-state index in [1.807, 2.05) is 0 Å². The van der Waals surface area contributed by atoms with Crippen molar-refractivity contribution < 1.29 is 32.2 Å². The van der Waals surface area contributed by atoms with Gasteiger partial charge >= 0.3 is 0 Å². The summed E-state index contributed by atoms with van der Waals surface area (Å²) in [6, 6.07) is 9.13. The van der Waals surface area contributed by atoms with Gasteiger partial charge in [-0.2, -0.15) is 4.31 Å². The molecule has 2 aromatic rings. The first-order valence-corrected chi connectivity index (χ1v) is 14.8. The van der Waals surface area contributed by atoms with Crippen LogP contribution in [0.5, 0.6) is 17.2 Å². The van der Waals surface area contributed by atoms with E-state index in [9.17, 15) is 13.2 Å². The number of nitrogens with one attached hydrogen (secondary N) is 2. The minimum absolute atomic E-state index is 0.0168. The van der Waals surface area contributed by atoms with Gasteiger partial charge in [0.2, 0.25) is 21.7 Å². The van der Waals surface area contributed by atoms with Crippen LogP contribution in [-0.4, -0.2) is 72.3 Å². The number of rotatable bonds is 11. The van der Waals surface area contributed by atoms with Crippen LogP contribution in [0.2, 0.25) is 0 Å². The summed E-state index contributed by atoms with van der Waals surface area (Å²) in [5, 5.41) is 6.25. The highest BCUT2D eigenvalue weighted by molar-refractivity contribution is 7.89. The minimum Gasteiger partial charge on any atom is -0.493 e. The van der Waals surface area contributed by atoms with E-state index in [1.165, 1.54) is 21.3 Å². The standard InChI is InChI=1S/C28H39N3O7S/c1-19-11-13-31(14-12-19)39(33,34)23-9-7-21(8-10-23)30-26(28(32)29-18-22-6-5-15-38-22)20-16-24(35-2)27(37-4)25(17-20)36-3/h7-10,16-17,19,22,26,30H,5-6,11-15,18H2,1-4H3,(H,29,32)/t22-,26+/m1/s1. The van der Waals surface area contributed by atoms with Gasteiger partial charge in [-0.15, -0.1) is 0 Å². The van der Waals surface area contributed by atoms with Gasteiger partial charge in [-0.05, 0) is 73.6 Å². The van der Waals surface area contributed by atoms with Gasteiger partial charge in [0.1, 0.15) is 6.04 Å². The molecule has 2 heterocycles. The van der Waals surface area contributed by atoms with E-state index in [-0.39, 0.29) is 16.9 Å². The number of piperidine rings is 1. The lowest BCUT2D eigenvalue weighted by atomic mass is 10.0. The second-order valence-corrected chi connectivity index (χ2v) is 12.0. The van der Waals surface area contributed by atoms with Crippen molar-refractivity contribution in [3.8, 4) is 17.2 Å². The number of nitrogens with zero attached hydrogens (tertiary/aromatic N) is 1. The predicted molar refractivity (Wildman–Crippen MR) is 148 cm³/mol. The summed E-state index contributed by atoms with van der Waals surface area (Å²) in [7, 11) is 0.975. The third kappa shape index (κ3) is 6.77. The molecular weight excluding hydrogens is 522 g/mol. The normalized spacial score (nSPS) is 19.3. The SMILES string of the molecule is COc1cc([C@H](Nc2ccc(S(=O)(=O)N3CCC(C)CC3)cc2)C(=O)NC[C@H]2CCCO2)cc(OC)c1OC. The van der Waals surface area contributed by atoms with Crippen molar-refractivity contribution in [2.24, 2.45) is 5.92 Å². The molecule has 2 aliphatic rings. The van der Waals surface area contributed by atoms with Gasteiger partial charge in [0.15, 0.2) is 11.5 Å². The Kier molecular flexibility index (Phi) is 9.58. The third-order valence-corrected chi connectivity index (χ3v) is 9.27. The van der Waals surface area contributed by atoms with Crippen molar-refractivity contribution in [2.45, 2.75) is 49.6 Å². The highest BCUT2D eigenvalue weighted by Gasteiger charge is 2.29. The topological polar surface area (TPSA) is 115 Å². The monoisotopic (exact) mass is 561 g/mol. The number of carbonyl (C=O) groups is 1. The summed E-state index contributed by atoms with van der Waals surface area (Å²) < 4.78 is 50.0.